The molecular weight excluding hydrogens is 240 g/mol. The van der Waals surface area contributed by atoms with E-state index in [9.17, 15) is 9.90 Å². The minimum absolute atomic E-state index is 0.0130. The molecule has 2 N–H and O–H groups in total. The highest BCUT2D eigenvalue weighted by molar-refractivity contribution is 6.32. The van der Waals surface area contributed by atoms with E-state index in [2.05, 4.69) is 0 Å². The fraction of sp³-hybridized carbons (Fsp3) is 0.462. The molecule has 0 atom stereocenters. The Hall–Kier alpha value is -1.22. The van der Waals surface area contributed by atoms with Crippen LogP contribution in [0.15, 0.2) is 12.1 Å². The summed E-state index contributed by atoms with van der Waals surface area (Å²) in [6.07, 6.45) is 0.266. The molecule has 0 bridgehead atoms. The third-order valence-corrected chi connectivity index (χ3v) is 2.90. The van der Waals surface area contributed by atoms with Crippen LogP contribution >= 0.6 is 11.6 Å². The number of aromatic hydroxyl groups is 1. The molecule has 0 fully saturated rings. The van der Waals surface area contributed by atoms with Crippen LogP contribution in [-0.4, -0.2) is 16.2 Å². The van der Waals surface area contributed by atoms with Gasteiger partial charge in [0.05, 0.1) is 5.02 Å². The Labute approximate surface area is 106 Å². The van der Waals surface area contributed by atoms with Crippen molar-refractivity contribution in [1.29, 1.82) is 0 Å². The maximum atomic E-state index is 10.5. The Morgan fingerprint density at radius 1 is 1.35 bits per heavy atom. The van der Waals surface area contributed by atoms with Crippen molar-refractivity contribution in [1.82, 2.24) is 0 Å². The molecule has 0 radical (unpaired) electrons. The van der Waals surface area contributed by atoms with Crippen molar-refractivity contribution < 1.29 is 15.0 Å². The Bertz CT molecular complexity index is 433. The van der Waals surface area contributed by atoms with Crippen molar-refractivity contribution in [3.05, 3.63) is 28.3 Å². The predicted molar refractivity (Wildman–Crippen MR) is 67.8 cm³/mol. The number of carboxylic acid groups (broad SMARTS) is 1. The first kappa shape index (κ1) is 13.8. The first-order valence-electron chi connectivity index (χ1n) is 5.45. The highest BCUT2D eigenvalue weighted by Gasteiger charge is 2.18. The number of carbonyl (C=O) groups is 1. The number of phenolic OH excluding ortho intramolecular Hbond substituents is 1. The van der Waals surface area contributed by atoms with Gasteiger partial charge in [0.1, 0.15) is 5.75 Å². The molecule has 1 rings (SSSR count). The number of halogens is 1. The SMILES string of the molecule is CC(C)(C)c1cc(Cl)c(O)c(CCC(=O)O)c1. The van der Waals surface area contributed by atoms with E-state index in [1.165, 1.54) is 0 Å². The van der Waals surface area contributed by atoms with Gasteiger partial charge >= 0.3 is 5.97 Å². The molecule has 0 aliphatic heterocycles. The van der Waals surface area contributed by atoms with Crippen LogP contribution in [0.5, 0.6) is 5.75 Å². The summed E-state index contributed by atoms with van der Waals surface area (Å²) in [6, 6.07) is 3.55. The van der Waals surface area contributed by atoms with Gasteiger partial charge in [-0.15, -0.1) is 0 Å². The average Bonchev–Trinajstić information content (AvgIpc) is 2.18. The number of aryl methyl sites for hydroxylation is 1. The summed E-state index contributed by atoms with van der Waals surface area (Å²) in [5.74, 6) is -0.900. The van der Waals surface area contributed by atoms with E-state index >= 15 is 0 Å². The summed E-state index contributed by atoms with van der Waals surface area (Å²) in [6.45, 7) is 6.12. The number of carboxylic acids is 1. The zero-order valence-corrected chi connectivity index (χ0v) is 11.0. The second kappa shape index (κ2) is 4.96. The zero-order chi connectivity index (χ0) is 13.2. The molecule has 1 aromatic carbocycles. The molecule has 3 nitrogen and oxygen atoms in total. The Kier molecular flexibility index (Phi) is 4.04. The zero-order valence-electron chi connectivity index (χ0n) is 10.2. The summed E-state index contributed by atoms with van der Waals surface area (Å²) < 4.78 is 0. The van der Waals surface area contributed by atoms with Crippen molar-refractivity contribution in [3.63, 3.8) is 0 Å². The first-order chi connectivity index (χ1) is 7.71. The van der Waals surface area contributed by atoms with Crippen molar-refractivity contribution in [2.75, 3.05) is 0 Å². The van der Waals surface area contributed by atoms with E-state index in [4.69, 9.17) is 16.7 Å². The van der Waals surface area contributed by atoms with Crippen LogP contribution in [0.2, 0.25) is 5.02 Å². The quantitative estimate of drug-likeness (QED) is 0.872. The lowest BCUT2D eigenvalue weighted by Crippen LogP contribution is -2.12. The van der Waals surface area contributed by atoms with Crippen LogP contribution in [0.3, 0.4) is 0 Å². The molecule has 0 aliphatic carbocycles. The van der Waals surface area contributed by atoms with Gasteiger partial charge in [-0.2, -0.15) is 0 Å². The van der Waals surface area contributed by atoms with Gasteiger partial charge in [0.2, 0.25) is 0 Å². The second-order valence-corrected chi connectivity index (χ2v) is 5.52. The van der Waals surface area contributed by atoms with Gasteiger partial charge in [0, 0.05) is 6.42 Å². The summed E-state index contributed by atoms with van der Waals surface area (Å²) in [5, 5.41) is 18.7. The monoisotopic (exact) mass is 256 g/mol. The highest BCUT2D eigenvalue weighted by atomic mass is 35.5. The number of phenols is 1. The molecule has 94 valence electrons. The fourth-order valence-corrected chi connectivity index (χ4v) is 1.76. The van der Waals surface area contributed by atoms with Gasteiger partial charge in [0.25, 0.3) is 0 Å². The molecule has 0 saturated heterocycles. The van der Waals surface area contributed by atoms with Crippen LogP contribution in [0, 0.1) is 0 Å². The summed E-state index contributed by atoms with van der Waals surface area (Å²) in [4.78, 5) is 10.5. The summed E-state index contributed by atoms with van der Waals surface area (Å²) in [5.41, 5.74) is 1.49. The van der Waals surface area contributed by atoms with Crippen molar-refractivity contribution in [2.45, 2.75) is 39.0 Å². The Morgan fingerprint density at radius 2 is 1.94 bits per heavy atom. The summed E-state index contributed by atoms with van der Waals surface area (Å²) >= 11 is 5.94. The number of rotatable bonds is 3. The van der Waals surface area contributed by atoms with E-state index in [0.717, 1.165) is 5.56 Å². The Balaban J connectivity index is 3.11. The largest absolute Gasteiger partial charge is 0.506 e. The molecule has 0 amide bonds. The number of aliphatic carboxylic acids is 1. The third kappa shape index (κ3) is 3.63. The molecule has 0 saturated carbocycles. The fourth-order valence-electron chi connectivity index (χ4n) is 1.52. The average molecular weight is 257 g/mol. The first-order valence-corrected chi connectivity index (χ1v) is 5.83. The van der Waals surface area contributed by atoms with Crippen LogP contribution in [-0.2, 0) is 16.6 Å². The topological polar surface area (TPSA) is 57.5 Å². The van der Waals surface area contributed by atoms with Crippen molar-refractivity contribution in [3.8, 4) is 5.75 Å². The highest BCUT2D eigenvalue weighted by Crippen LogP contribution is 2.34. The second-order valence-electron chi connectivity index (χ2n) is 5.11. The van der Waals surface area contributed by atoms with Gasteiger partial charge in [0.15, 0.2) is 0 Å². The number of hydrogen-bond donors (Lipinski definition) is 2. The standard InChI is InChI=1S/C13H17ClO3/c1-13(2,3)9-6-8(4-5-11(15)16)12(17)10(14)7-9/h6-7,17H,4-5H2,1-3H3,(H,15,16). The molecule has 1 aromatic rings. The van der Waals surface area contributed by atoms with Crippen LogP contribution in [0.1, 0.15) is 38.3 Å². The minimum Gasteiger partial charge on any atom is -0.506 e. The van der Waals surface area contributed by atoms with Crippen LogP contribution < -0.4 is 0 Å². The van der Waals surface area contributed by atoms with E-state index in [1.807, 2.05) is 26.8 Å². The Morgan fingerprint density at radius 3 is 2.41 bits per heavy atom. The van der Waals surface area contributed by atoms with Crippen molar-refractivity contribution >= 4 is 17.6 Å². The molecule has 0 aromatic heterocycles. The van der Waals surface area contributed by atoms with Gasteiger partial charge < -0.3 is 10.2 Å². The lowest BCUT2D eigenvalue weighted by molar-refractivity contribution is -0.136. The molecule has 17 heavy (non-hydrogen) atoms. The maximum absolute atomic E-state index is 10.5. The molecule has 0 aliphatic rings. The number of benzene rings is 1. The van der Waals surface area contributed by atoms with Crippen LogP contribution in [0.4, 0.5) is 0 Å². The lowest BCUT2D eigenvalue weighted by atomic mass is 9.85. The maximum Gasteiger partial charge on any atom is 0.303 e. The smallest absolute Gasteiger partial charge is 0.303 e. The normalized spacial score (nSPS) is 11.5. The minimum atomic E-state index is -0.887. The molecule has 4 heteroatoms. The van der Waals surface area contributed by atoms with Gasteiger partial charge in [-0.05, 0) is 29.0 Å². The van der Waals surface area contributed by atoms with E-state index in [1.54, 1.807) is 6.07 Å². The molecule has 0 spiro atoms. The van der Waals surface area contributed by atoms with Crippen molar-refractivity contribution in [2.24, 2.45) is 0 Å². The summed E-state index contributed by atoms with van der Waals surface area (Å²) in [7, 11) is 0. The third-order valence-electron chi connectivity index (χ3n) is 2.62. The van der Waals surface area contributed by atoms with Gasteiger partial charge in [-0.25, -0.2) is 0 Å². The van der Waals surface area contributed by atoms with E-state index in [-0.39, 0.29) is 29.0 Å². The molecule has 0 heterocycles. The van der Waals surface area contributed by atoms with E-state index < -0.39 is 5.97 Å². The van der Waals surface area contributed by atoms with Gasteiger partial charge in [-0.3, -0.25) is 4.79 Å². The molecule has 0 unspecified atom stereocenters. The molecular formula is C13H17ClO3. The van der Waals surface area contributed by atoms with Crippen LogP contribution in [0.25, 0.3) is 0 Å². The lowest BCUT2D eigenvalue weighted by Gasteiger charge is -2.21. The predicted octanol–water partition coefficient (Wildman–Crippen LogP) is 3.36. The van der Waals surface area contributed by atoms with E-state index in [0.29, 0.717) is 5.56 Å². The number of hydrogen-bond acceptors (Lipinski definition) is 2. The van der Waals surface area contributed by atoms with Gasteiger partial charge in [-0.1, -0.05) is 38.4 Å².